The van der Waals surface area contributed by atoms with E-state index in [0.29, 0.717) is 12.8 Å². The molecule has 2 amide bonds. The summed E-state index contributed by atoms with van der Waals surface area (Å²) in [7, 11) is 0. The maximum Gasteiger partial charge on any atom is 0.408 e. The lowest BCUT2D eigenvalue weighted by atomic mass is 9.84. The van der Waals surface area contributed by atoms with Gasteiger partial charge in [-0.2, -0.15) is 17.6 Å². The van der Waals surface area contributed by atoms with Gasteiger partial charge in [0.2, 0.25) is 11.8 Å². The Morgan fingerprint density at radius 2 is 1.83 bits per heavy atom. The number of anilines is 1. The monoisotopic (exact) mass is 609 g/mol. The molecule has 0 aliphatic heterocycles. The summed E-state index contributed by atoms with van der Waals surface area (Å²) in [4.78, 5) is 30.3. The van der Waals surface area contributed by atoms with Gasteiger partial charge in [0.25, 0.3) is 11.9 Å². The van der Waals surface area contributed by atoms with Gasteiger partial charge < -0.3 is 22.2 Å². The molecule has 1 unspecified atom stereocenters. The molecule has 0 bridgehead atoms. The third-order valence-corrected chi connectivity index (χ3v) is 6.39. The summed E-state index contributed by atoms with van der Waals surface area (Å²) in [6.45, 7) is 2.25. The number of aliphatic imine (C=N–C) groups is 2. The van der Waals surface area contributed by atoms with Crippen LogP contribution in [-0.2, 0) is 9.59 Å². The topological polar surface area (TPSA) is 179 Å². The van der Waals surface area contributed by atoms with E-state index in [1.807, 2.05) is 13.8 Å². The summed E-state index contributed by atoms with van der Waals surface area (Å²) in [5.41, 5.74) is 12.2. The van der Waals surface area contributed by atoms with Crippen LogP contribution in [0.4, 0.5) is 32.0 Å². The molecular weight excluding hydrogens is 572 g/mol. The number of hydrogen-bond donors (Lipinski definition) is 5. The minimum atomic E-state index is -4.53. The van der Waals surface area contributed by atoms with Crippen LogP contribution in [0.25, 0.3) is 0 Å². The summed E-state index contributed by atoms with van der Waals surface area (Å²) in [6.07, 6.45) is 0.419. The number of nitrogens with zero attached hydrogens (tertiary/aromatic N) is 4. The van der Waals surface area contributed by atoms with Gasteiger partial charge in [0.15, 0.2) is 0 Å². The summed E-state index contributed by atoms with van der Waals surface area (Å²) >= 11 is 0. The van der Waals surface area contributed by atoms with E-state index in [1.165, 1.54) is 18.5 Å². The molecule has 0 spiro atoms. The van der Waals surface area contributed by atoms with Crippen LogP contribution in [0.3, 0.4) is 0 Å². The van der Waals surface area contributed by atoms with Crippen molar-refractivity contribution in [3.63, 3.8) is 0 Å². The predicted molar refractivity (Wildman–Crippen MR) is 145 cm³/mol. The Bertz CT molecular complexity index is 1150. The molecule has 1 aromatic heterocycles. The van der Waals surface area contributed by atoms with Crippen LogP contribution in [0.15, 0.2) is 28.5 Å². The van der Waals surface area contributed by atoms with Crippen molar-refractivity contribution in [3.8, 4) is 0 Å². The van der Waals surface area contributed by atoms with Gasteiger partial charge in [0, 0.05) is 25.3 Å². The average Bonchev–Trinajstić information content (AvgIpc) is 3.65. The standard InChI is InChI=1S/C18H24F6N6O.C7H13N3O/c19-15-12(27-13(31)7-10-3-5-17(20,21)6-4-10)8-30(29-15)14(11-1-2-11)16(28-25)26-9-18(22,23)24;1-5(2)10-6(3-4-8)7(9)11/h8,10-11,14H,1-7,9,25H2,(H,26,28)(H,27,31);3-5H,8H2,1-2H3,(H2,9,11)/b;4-3-,10-6?. The van der Waals surface area contributed by atoms with Gasteiger partial charge in [-0.25, -0.2) is 14.6 Å². The quantitative estimate of drug-likeness (QED) is 0.0893. The molecule has 17 heteroatoms. The molecule has 2 aliphatic rings. The largest absolute Gasteiger partial charge is 0.408 e. The van der Waals surface area contributed by atoms with Gasteiger partial charge >= 0.3 is 6.18 Å². The highest BCUT2D eigenvalue weighted by Gasteiger charge is 2.39. The maximum atomic E-state index is 14.3. The van der Waals surface area contributed by atoms with Crippen LogP contribution < -0.4 is 28.1 Å². The van der Waals surface area contributed by atoms with Crippen molar-refractivity contribution < 1.29 is 35.9 Å². The molecule has 1 atom stereocenters. The summed E-state index contributed by atoms with van der Waals surface area (Å²) in [6, 6.07) is -0.790. The number of alkyl halides is 5. The van der Waals surface area contributed by atoms with E-state index < -0.39 is 42.4 Å². The first-order chi connectivity index (χ1) is 19.5. The molecule has 11 nitrogen and oxygen atoms in total. The molecule has 0 radical (unpaired) electrons. The van der Waals surface area contributed by atoms with E-state index in [4.69, 9.17) is 17.3 Å². The molecule has 42 heavy (non-hydrogen) atoms. The van der Waals surface area contributed by atoms with Gasteiger partial charge in [-0.1, -0.05) is 0 Å². The highest BCUT2D eigenvalue weighted by atomic mass is 19.4. The lowest BCUT2D eigenvalue weighted by Gasteiger charge is -2.27. The molecule has 2 saturated carbocycles. The third kappa shape index (κ3) is 11.7. The maximum absolute atomic E-state index is 14.3. The minimum absolute atomic E-state index is 0.0323. The van der Waals surface area contributed by atoms with E-state index in [1.54, 1.807) is 0 Å². The Balaban J connectivity index is 0.000000476. The van der Waals surface area contributed by atoms with E-state index >= 15 is 0 Å². The summed E-state index contributed by atoms with van der Waals surface area (Å²) < 4.78 is 79.5. The molecular formula is C25H37F6N9O2. The Morgan fingerprint density at radius 3 is 2.31 bits per heavy atom. The number of amidine groups is 1. The van der Waals surface area contributed by atoms with Gasteiger partial charge in [0.1, 0.15) is 29.8 Å². The summed E-state index contributed by atoms with van der Waals surface area (Å²) in [5, 5.41) is 6.05. The van der Waals surface area contributed by atoms with E-state index in [0.717, 1.165) is 4.68 Å². The molecule has 0 aromatic carbocycles. The molecule has 2 fully saturated rings. The van der Waals surface area contributed by atoms with Gasteiger partial charge in [0.05, 0.1) is 6.20 Å². The Labute approximate surface area is 239 Å². The van der Waals surface area contributed by atoms with Crippen molar-refractivity contribution in [3.05, 3.63) is 24.4 Å². The van der Waals surface area contributed by atoms with Crippen LogP contribution >= 0.6 is 0 Å². The zero-order chi connectivity index (χ0) is 31.7. The fourth-order valence-electron chi connectivity index (χ4n) is 4.30. The van der Waals surface area contributed by atoms with Gasteiger partial charge in [-0.05, 0) is 63.6 Å². The van der Waals surface area contributed by atoms with Crippen molar-refractivity contribution in [2.45, 2.75) is 83.0 Å². The number of amides is 2. The second kappa shape index (κ2) is 15.0. The van der Waals surface area contributed by atoms with Gasteiger partial charge in [-0.3, -0.25) is 24.3 Å². The van der Waals surface area contributed by atoms with Crippen molar-refractivity contribution >= 4 is 29.0 Å². The molecule has 1 aromatic rings. The second-order valence-electron chi connectivity index (χ2n) is 10.4. The van der Waals surface area contributed by atoms with Crippen LogP contribution in [-0.4, -0.2) is 57.8 Å². The smallest absolute Gasteiger partial charge is 0.405 e. The SMILES string of the molecule is CC(C)N=C(/C=C\N)C(N)=O.NNC(=NCC(F)(F)F)C(C1CC1)n1cc(NC(=O)CC2CCC(F)(F)CC2)c(F)n1. The fourth-order valence-corrected chi connectivity index (χ4v) is 4.30. The summed E-state index contributed by atoms with van der Waals surface area (Å²) in [5.74, 6) is -0.0130. The Kier molecular flexibility index (Phi) is 12.4. The first-order valence-electron chi connectivity index (χ1n) is 13.3. The predicted octanol–water partition coefficient (Wildman–Crippen LogP) is 3.35. The van der Waals surface area contributed by atoms with Crippen LogP contribution in [0, 0.1) is 17.8 Å². The number of rotatable bonds is 10. The van der Waals surface area contributed by atoms with Crippen molar-refractivity contribution in [1.29, 1.82) is 0 Å². The molecule has 8 N–H and O–H groups in total. The number of carbonyl (C=O) groups is 2. The molecule has 236 valence electrons. The lowest BCUT2D eigenvalue weighted by Crippen LogP contribution is -2.39. The number of nitrogens with two attached hydrogens (primary N) is 3. The number of carbonyl (C=O) groups excluding carboxylic acids is 2. The van der Waals surface area contributed by atoms with Crippen LogP contribution in [0.5, 0.6) is 0 Å². The van der Waals surface area contributed by atoms with E-state index in [-0.39, 0.29) is 67.2 Å². The fraction of sp³-hybridized carbons (Fsp3) is 0.640. The van der Waals surface area contributed by atoms with Crippen LogP contribution in [0.2, 0.25) is 0 Å². The number of primary amides is 1. The Morgan fingerprint density at radius 1 is 1.21 bits per heavy atom. The van der Waals surface area contributed by atoms with Crippen molar-refractivity contribution in [2.75, 3.05) is 11.9 Å². The van der Waals surface area contributed by atoms with Crippen molar-refractivity contribution in [2.24, 2.45) is 39.1 Å². The first kappa shape index (κ1) is 34.6. The van der Waals surface area contributed by atoms with Crippen molar-refractivity contribution in [1.82, 2.24) is 15.2 Å². The zero-order valence-electron chi connectivity index (χ0n) is 23.3. The normalized spacial score (nSPS) is 18.9. The zero-order valence-corrected chi connectivity index (χ0v) is 23.3. The number of hydrogen-bond acceptors (Lipinski definition) is 7. The lowest BCUT2D eigenvalue weighted by molar-refractivity contribution is -0.119. The number of aromatic nitrogens is 2. The molecule has 3 rings (SSSR count). The molecule has 0 saturated heterocycles. The average molecular weight is 610 g/mol. The third-order valence-electron chi connectivity index (χ3n) is 6.39. The number of nitrogens with one attached hydrogen (secondary N) is 2. The van der Waals surface area contributed by atoms with E-state index in [9.17, 15) is 35.9 Å². The number of halogens is 6. The van der Waals surface area contributed by atoms with Crippen LogP contribution in [0.1, 0.15) is 64.8 Å². The second-order valence-corrected chi connectivity index (χ2v) is 10.4. The Hall–Kier alpha value is -3.63. The van der Waals surface area contributed by atoms with E-state index in [2.05, 4.69) is 25.8 Å². The van der Waals surface area contributed by atoms with Gasteiger partial charge in [-0.15, -0.1) is 5.10 Å². The first-order valence-corrected chi connectivity index (χ1v) is 13.3. The highest BCUT2D eigenvalue weighted by molar-refractivity contribution is 6.42. The highest BCUT2D eigenvalue weighted by Crippen LogP contribution is 2.41. The molecule has 2 aliphatic carbocycles. The minimum Gasteiger partial charge on any atom is -0.405 e. The molecule has 1 heterocycles. The number of hydrazine groups is 1.